The molecule has 3 heterocycles. The van der Waals surface area contributed by atoms with E-state index in [1.807, 2.05) is 0 Å². The van der Waals surface area contributed by atoms with Gasteiger partial charge in [-0.15, -0.1) is 22.7 Å². The maximum absolute atomic E-state index is 12.6. The molecule has 33 heavy (non-hydrogen) atoms. The van der Waals surface area contributed by atoms with Gasteiger partial charge in [-0.25, -0.2) is 23.4 Å². The van der Waals surface area contributed by atoms with E-state index in [0.29, 0.717) is 10.9 Å². The van der Waals surface area contributed by atoms with Crippen LogP contribution in [0.15, 0.2) is 70.6 Å². The number of hydrogen-bond donors (Lipinski definition) is 2. The summed E-state index contributed by atoms with van der Waals surface area (Å²) < 4.78 is 27.6. The second kappa shape index (κ2) is 8.54. The molecule has 0 aliphatic carbocycles. The van der Waals surface area contributed by atoms with E-state index >= 15 is 0 Å². The highest BCUT2D eigenvalue weighted by atomic mass is 32.2. The van der Waals surface area contributed by atoms with Gasteiger partial charge in [0.25, 0.3) is 10.0 Å². The van der Waals surface area contributed by atoms with E-state index in [2.05, 4.69) is 62.4 Å². The average molecular weight is 494 g/mol. The first kappa shape index (κ1) is 21.5. The van der Waals surface area contributed by atoms with Crippen LogP contribution in [0.4, 0.5) is 16.6 Å². The highest BCUT2D eigenvalue weighted by Gasteiger charge is 2.17. The summed E-state index contributed by atoms with van der Waals surface area (Å²) in [4.78, 5) is 13.9. The van der Waals surface area contributed by atoms with Crippen LogP contribution >= 0.6 is 22.7 Å². The van der Waals surface area contributed by atoms with Crippen molar-refractivity contribution in [1.29, 1.82) is 0 Å². The molecule has 0 atom stereocenters. The van der Waals surface area contributed by atoms with Crippen LogP contribution in [-0.2, 0) is 10.0 Å². The largest absolute Gasteiger partial charge is 0.340 e. The highest BCUT2D eigenvalue weighted by molar-refractivity contribution is 7.93. The van der Waals surface area contributed by atoms with E-state index in [4.69, 9.17) is 0 Å². The van der Waals surface area contributed by atoms with Crippen molar-refractivity contribution in [2.75, 3.05) is 10.0 Å². The van der Waals surface area contributed by atoms with Crippen molar-refractivity contribution in [3.05, 3.63) is 76.9 Å². The Morgan fingerprint density at radius 1 is 0.909 bits per heavy atom. The first-order chi connectivity index (χ1) is 15.9. The minimum absolute atomic E-state index is 0.155. The zero-order chi connectivity index (χ0) is 23.0. The van der Waals surface area contributed by atoms with E-state index < -0.39 is 10.0 Å². The number of nitrogens with one attached hydrogen (secondary N) is 2. The lowest BCUT2D eigenvalue weighted by Crippen LogP contribution is -2.12. The second-order valence-corrected chi connectivity index (χ2v) is 10.9. The number of fused-ring (bicyclic) bond motifs is 1. The molecule has 0 radical (unpaired) electrons. The third kappa shape index (κ3) is 4.32. The van der Waals surface area contributed by atoms with E-state index in [9.17, 15) is 8.42 Å². The Bertz CT molecular complexity index is 1540. The minimum Gasteiger partial charge on any atom is -0.340 e. The van der Waals surface area contributed by atoms with Crippen molar-refractivity contribution in [2.24, 2.45) is 0 Å². The maximum Gasteiger partial charge on any atom is 0.263 e. The molecule has 0 bridgehead atoms. The lowest BCUT2D eigenvalue weighted by molar-refractivity contribution is 0.601. The van der Waals surface area contributed by atoms with E-state index in [0.717, 1.165) is 27.0 Å². The van der Waals surface area contributed by atoms with Gasteiger partial charge in [-0.3, -0.25) is 4.72 Å². The molecule has 2 aromatic carbocycles. The summed E-state index contributed by atoms with van der Waals surface area (Å²) in [6.07, 6.45) is 3.08. The van der Waals surface area contributed by atoms with E-state index in [1.54, 1.807) is 47.2 Å². The first-order valence-electron chi connectivity index (χ1n) is 10.00. The molecule has 3 aromatic heterocycles. The maximum atomic E-state index is 12.6. The Hall–Kier alpha value is -3.34. The zero-order valence-electron chi connectivity index (χ0n) is 17.7. The molecule has 0 spiro atoms. The van der Waals surface area contributed by atoms with Gasteiger partial charge in [0.05, 0.1) is 10.3 Å². The van der Waals surface area contributed by atoms with Gasteiger partial charge < -0.3 is 5.32 Å². The number of nitrogens with zero attached hydrogens (tertiary/aromatic N) is 3. The fourth-order valence-electron chi connectivity index (χ4n) is 3.59. The normalized spacial score (nSPS) is 11.6. The SMILES string of the molecule is Cc1ccc(-c2csc3ncnc(Nc4ccc(S(=O)(=O)Nc5nccs5)cc4)c23)c(C)c1. The second-order valence-electron chi connectivity index (χ2n) is 7.46. The van der Waals surface area contributed by atoms with Gasteiger partial charge in [-0.2, -0.15) is 0 Å². The molecule has 0 saturated carbocycles. The van der Waals surface area contributed by atoms with Crippen molar-refractivity contribution < 1.29 is 8.42 Å². The Morgan fingerprint density at radius 3 is 2.45 bits per heavy atom. The minimum atomic E-state index is -3.70. The summed E-state index contributed by atoms with van der Waals surface area (Å²) in [5.74, 6) is 0.674. The van der Waals surface area contributed by atoms with E-state index in [1.165, 1.54) is 28.8 Å². The van der Waals surface area contributed by atoms with Gasteiger partial charge in [-0.1, -0.05) is 23.8 Å². The van der Waals surface area contributed by atoms with Crippen molar-refractivity contribution in [3.8, 4) is 11.1 Å². The van der Waals surface area contributed by atoms with Crippen LogP contribution in [0.3, 0.4) is 0 Å². The Kier molecular flexibility index (Phi) is 5.57. The standard InChI is InChI=1S/C23H19N5O2S3/c1-14-3-8-18(15(2)11-14)19-12-32-22-20(19)21(25-13-26-22)27-16-4-6-17(7-5-16)33(29,30)28-23-24-9-10-31-23/h3-13H,1-2H3,(H,24,28)(H,25,26,27). The number of anilines is 3. The predicted octanol–water partition coefficient (Wildman–Crippen LogP) is 5.98. The van der Waals surface area contributed by atoms with Crippen LogP contribution in [0, 0.1) is 13.8 Å². The Morgan fingerprint density at radius 2 is 1.73 bits per heavy atom. The molecule has 0 aliphatic rings. The van der Waals surface area contributed by atoms with E-state index in [-0.39, 0.29) is 4.90 Å². The lowest BCUT2D eigenvalue weighted by Gasteiger charge is -2.11. The number of rotatable bonds is 6. The van der Waals surface area contributed by atoms with Crippen LogP contribution in [0.2, 0.25) is 0 Å². The number of thiazole rings is 1. The number of thiophene rings is 1. The van der Waals surface area contributed by atoms with Crippen molar-refractivity contribution in [3.63, 3.8) is 0 Å². The third-order valence-electron chi connectivity index (χ3n) is 5.12. The van der Waals surface area contributed by atoms with Gasteiger partial charge in [0, 0.05) is 28.2 Å². The summed E-state index contributed by atoms with van der Waals surface area (Å²) in [7, 11) is -3.70. The van der Waals surface area contributed by atoms with Gasteiger partial charge in [-0.05, 0) is 49.2 Å². The topological polar surface area (TPSA) is 96.9 Å². The number of benzene rings is 2. The Balaban J connectivity index is 1.47. The Labute approximate surface area is 199 Å². The summed E-state index contributed by atoms with van der Waals surface area (Å²) in [6, 6.07) is 12.9. The molecular formula is C23H19N5O2S3. The monoisotopic (exact) mass is 493 g/mol. The van der Waals surface area contributed by atoms with Crippen molar-refractivity contribution in [1.82, 2.24) is 15.0 Å². The molecule has 0 unspecified atom stereocenters. The van der Waals surface area contributed by atoms with Crippen LogP contribution in [-0.4, -0.2) is 23.4 Å². The molecule has 0 amide bonds. The molecule has 166 valence electrons. The van der Waals surface area contributed by atoms with Gasteiger partial charge in [0.1, 0.15) is 17.0 Å². The third-order valence-corrected chi connectivity index (χ3v) is 8.18. The summed E-state index contributed by atoms with van der Waals surface area (Å²) in [5, 5.41) is 8.41. The molecule has 2 N–H and O–H groups in total. The van der Waals surface area contributed by atoms with Crippen LogP contribution in [0.5, 0.6) is 0 Å². The molecule has 5 aromatic rings. The molecule has 5 rings (SSSR count). The zero-order valence-corrected chi connectivity index (χ0v) is 20.2. The molecule has 0 aliphatic heterocycles. The molecule has 7 nitrogen and oxygen atoms in total. The first-order valence-corrected chi connectivity index (χ1v) is 13.2. The van der Waals surface area contributed by atoms with Gasteiger partial charge >= 0.3 is 0 Å². The van der Waals surface area contributed by atoms with Crippen LogP contribution < -0.4 is 10.0 Å². The summed E-state index contributed by atoms with van der Waals surface area (Å²) >= 11 is 2.80. The fraction of sp³-hybridized carbons (Fsp3) is 0.0870. The smallest absolute Gasteiger partial charge is 0.263 e. The summed E-state index contributed by atoms with van der Waals surface area (Å²) in [5.41, 5.74) is 5.33. The average Bonchev–Trinajstić information content (AvgIpc) is 3.44. The number of aromatic nitrogens is 3. The predicted molar refractivity (Wildman–Crippen MR) is 135 cm³/mol. The number of sulfonamides is 1. The molecular weight excluding hydrogens is 474 g/mol. The molecule has 0 fully saturated rings. The molecule has 10 heteroatoms. The highest BCUT2D eigenvalue weighted by Crippen LogP contribution is 2.39. The van der Waals surface area contributed by atoms with Crippen molar-refractivity contribution in [2.45, 2.75) is 18.7 Å². The van der Waals surface area contributed by atoms with Crippen molar-refractivity contribution >= 4 is 59.6 Å². The van der Waals surface area contributed by atoms with Crippen LogP contribution in [0.25, 0.3) is 21.3 Å². The van der Waals surface area contributed by atoms with Crippen LogP contribution in [0.1, 0.15) is 11.1 Å². The number of hydrogen-bond acceptors (Lipinski definition) is 8. The van der Waals surface area contributed by atoms with Gasteiger partial charge in [0.15, 0.2) is 5.13 Å². The number of aryl methyl sites for hydroxylation is 2. The summed E-state index contributed by atoms with van der Waals surface area (Å²) in [6.45, 7) is 4.18. The molecule has 0 saturated heterocycles. The lowest BCUT2D eigenvalue weighted by atomic mass is 9.99. The quantitative estimate of drug-likeness (QED) is 0.302. The fourth-order valence-corrected chi connectivity index (χ4v) is 6.28. The van der Waals surface area contributed by atoms with Gasteiger partial charge in [0.2, 0.25) is 0 Å².